The number of hydrogen-bond donors (Lipinski definition) is 1. The second kappa shape index (κ2) is 6.93. The van der Waals surface area contributed by atoms with Crippen LogP contribution in [0.15, 0.2) is 66.9 Å². The average molecular weight is 368 g/mol. The molecule has 0 saturated heterocycles. The van der Waals surface area contributed by atoms with Crippen molar-refractivity contribution in [2.24, 2.45) is 0 Å². The molecule has 5 nitrogen and oxygen atoms in total. The lowest BCUT2D eigenvalue weighted by molar-refractivity contribution is 0.102. The first kappa shape index (κ1) is 16.7. The number of hydrogen-bond acceptors (Lipinski definition) is 3. The van der Waals surface area contributed by atoms with Crippen molar-refractivity contribution in [2.75, 3.05) is 5.32 Å². The van der Waals surface area contributed by atoms with Gasteiger partial charge in [-0.2, -0.15) is 0 Å². The molecule has 5 rings (SSSR count). The number of carbonyl (C=O) groups excluding carboxylic acids is 1. The van der Waals surface area contributed by atoms with Gasteiger partial charge in [0.1, 0.15) is 11.5 Å². The molecule has 1 aliphatic heterocycles. The van der Waals surface area contributed by atoms with E-state index in [4.69, 9.17) is 4.98 Å². The van der Waals surface area contributed by atoms with Crippen LogP contribution < -0.4 is 5.32 Å². The van der Waals surface area contributed by atoms with Crippen molar-refractivity contribution < 1.29 is 4.79 Å². The molecule has 0 radical (unpaired) electrons. The summed E-state index contributed by atoms with van der Waals surface area (Å²) in [5, 5.41) is 4.04. The Morgan fingerprint density at radius 2 is 1.79 bits per heavy atom. The smallest absolute Gasteiger partial charge is 0.274 e. The second-order valence-electron chi connectivity index (χ2n) is 7.08. The van der Waals surface area contributed by atoms with Crippen molar-refractivity contribution in [2.45, 2.75) is 25.8 Å². The molecule has 3 heterocycles. The molecule has 28 heavy (non-hydrogen) atoms. The lowest BCUT2D eigenvalue weighted by atomic mass is 10.1. The molecular formula is C23H20N4O. The summed E-state index contributed by atoms with van der Waals surface area (Å²) in [7, 11) is 0. The van der Waals surface area contributed by atoms with Crippen molar-refractivity contribution in [1.29, 1.82) is 0 Å². The van der Waals surface area contributed by atoms with Crippen LogP contribution in [-0.4, -0.2) is 20.4 Å². The summed E-state index contributed by atoms with van der Waals surface area (Å²) in [5.74, 6) is 0.903. The predicted octanol–water partition coefficient (Wildman–Crippen LogP) is 4.69. The Kier molecular flexibility index (Phi) is 4.13. The number of benzene rings is 2. The van der Waals surface area contributed by atoms with Crippen LogP contribution in [0, 0.1) is 0 Å². The Hall–Kier alpha value is -3.47. The highest BCUT2D eigenvalue weighted by Crippen LogP contribution is 2.29. The van der Waals surface area contributed by atoms with Crippen molar-refractivity contribution in [1.82, 2.24) is 14.5 Å². The van der Waals surface area contributed by atoms with Gasteiger partial charge in [0.05, 0.1) is 16.9 Å². The van der Waals surface area contributed by atoms with Crippen LogP contribution in [0.3, 0.4) is 0 Å². The molecule has 0 unspecified atom stereocenters. The fourth-order valence-corrected chi connectivity index (χ4v) is 3.74. The summed E-state index contributed by atoms with van der Waals surface area (Å²) in [5.41, 5.74) is 3.79. The lowest BCUT2D eigenvalue weighted by Crippen LogP contribution is -2.14. The molecule has 0 spiro atoms. The number of anilines is 1. The lowest BCUT2D eigenvalue weighted by Gasteiger charge is -2.11. The normalized spacial score (nSPS) is 13.3. The van der Waals surface area contributed by atoms with Crippen molar-refractivity contribution in [3.63, 3.8) is 0 Å². The van der Waals surface area contributed by atoms with E-state index in [9.17, 15) is 4.79 Å². The van der Waals surface area contributed by atoms with Gasteiger partial charge in [0, 0.05) is 30.1 Å². The van der Waals surface area contributed by atoms with E-state index in [0.717, 1.165) is 46.6 Å². The van der Waals surface area contributed by atoms with Crippen LogP contribution in [-0.2, 0) is 13.0 Å². The highest BCUT2D eigenvalue weighted by molar-refractivity contribution is 6.05. The highest BCUT2D eigenvalue weighted by atomic mass is 16.1. The summed E-state index contributed by atoms with van der Waals surface area (Å²) in [4.78, 5) is 22.1. The first-order valence-electron chi connectivity index (χ1n) is 9.60. The van der Waals surface area contributed by atoms with Crippen LogP contribution in [0.4, 0.5) is 5.69 Å². The number of aromatic nitrogens is 3. The maximum absolute atomic E-state index is 12.8. The summed E-state index contributed by atoms with van der Waals surface area (Å²) in [6.45, 7) is 1.01. The molecule has 4 aromatic rings. The van der Waals surface area contributed by atoms with Gasteiger partial charge in [-0.15, -0.1) is 0 Å². The van der Waals surface area contributed by atoms with Gasteiger partial charge >= 0.3 is 0 Å². The van der Waals surface area contributed by atoms with E-state index in [1.807, 2.05) is 54.6 Å². The molecule has 1 aliphatic rings. The zero-order chi connectivity index (χ0) is 18.9. The molecule has 0 bridgehead atoms. The Labute approximate surface area is 163 Å². The monoisotopic (exact) mass is 368 g/mol. The van der Waals surface area contributed by atoms with Crippen LogP contribution >= 0.6 is 0 Å². The summed E-state index contributed by atoms with van der Waals surface area (Å²) in [6, 6.07) is 19.3. The SMILES string of the molecule is O=C(Nc1ccccc1-c1cn2c(n1)CCCC2)c1ccc2ccccc2n1. The molecule has 1 N–H and O–H groups in total. The fourth-order valence-electron chi connectivity index (χ4n) is 3.74. The molecular weight excluding hydrogens is 348 g/mol. The highest BCUT2D eigenvalue weighted by Gasteiger charge is 2.17. The Bertz CT molecular complexity index is 1150. The minimum Gasteiger partial charge on any atom is -0.334 e. The van der Waals surface area contributed by atoms with Crippen LogP contribution in [0.5, 0.6) is 0 Å². The first-order chi connectivity index (χ1) is 13.8. The maximum Gasteiger partial charge on any atom is 0.274 e. The van der Waals surface area contributed by atoms with Gasteiger partial charge < -0.3 is 9.88 Å². The minimum absolute atomic E-state index is 0.220. The number of pyridine rings is 1. The van der Waals surface area contributed by atoms with Crippen molar-refractivity contribution in [3.8, 4) is 11.3 Å². The van der Waals surface area contributed by atoms with Crippen LogP contribution in [0.2, 0.25) is 0 Å². The summed E-state index contributed by atoms with van der Waals surface area (Å²) >= 11 is 0. The topological polar surface area (TPSA) is 59.8 Å². The molecule has 0 atom stereocenters. The number of fused-ring (bicyclic) bond motifs is 2. The molecule has 5 heteroatoms. The number of amides is 1. The minimum atomic E-state index is -0.220. The number of nitrogens with one attached hydrogen (secondary N) is 1. The molecule has 2 aromatic heterocycles. The van der Waals surface area contributed by atoms with E-state index < -0.39 is 0 Å². The van der Waals surface area contributed by atoms with E-state index in [1.165, 1.54) is 12.8 Å². The molecule has 0 aliphatic carbocycles. The van der Waals surface area contributed by atoms with E-state index in [2.05, 4.69) is 21.1 Å². The first-order valence-corrected chi connectivity index (χ1v) is 9.60. The van der Waals surface area contributed by atoms with Gasteiger partial charge in [-0.3, -0.25) is 4.79 Å². The fraction of sp³-hybridized carbons (Fsp3) is 0.174. The Morgan fingerprint density at radius 3 is 2.71 bits per heavy atom. The van der Waals surface area contributed by atoms with Gasteiger partial charge in [-0.25, -0.2) is 9.97 Å². The van der Waals surface area contributed by atoms with Crippen LogP contribution in [0.25, 0.3) is 22.2 Å². The van der Waals surface area contributed by atoms with Gasteiger partial charge in [0.25, 0.3) is 5.91 Å². The third-order valence-electron chi connectivity index (χ3n) is 5.19. The van der Waals surface area contributed by atoms with E-state index in [-0.39, 0.29) is 5.91 Å². The van der Waals surface area contributed by atoms with Crippen molar-refractivity contribution in [3.05, 3.63) is 78.4 Å². The van der Waals surface area contributed by atoms with Crippen LogP contribution in [0.1, 0.15) is 29.2 Å². The average Bonchev–Trinajstić information content (AvgIpc) is 3.18. The zero-order valence-corrected chi connectivity index (χ0v) is 15.4. The molecule has 138 valence electrons. The maximum atomic E-state index is 12.8. The summed E-state index contributed by atoms with van der Waals surface area (Å²) < 4.78 is 2.22. The van der Waals surface area contributed by atoms with E-state index in [1.54, 1.807) is 6.07 Å². The number of aryl methyl sites for hydroxylation is 2. The van der Waals surface area contributed by atoms with Gasteiger partial charge in [0.15, 0.2) is 0 Å². The third kappa shape index (κ3) is 3.05. The van der Waals surface area contributed by atoms with E-state index in [0.29, 0.717) is 5.69 Å². The molecule has 1 amide bonds. The Balaban J connectivity index is 1.46. The standard InChI is InChI=1S/C23H20N4O/c28-23(20-13-12-16-7-1-3-9-18(16)24-20)26-19-10-4-2-8-17(19)21-15-27-14-6-5-11-22(27)25-21/h1-4,7-10,12-13,15H,5-6,11,14H2,(H,26,28). The van der Waals surface area contributed by atoms with E-state index >= 15 is 0 Å². The van der Waals surface area contributed by atoms with Gasteiger partial charge in [-0.1, -0.05) is 42.5 Å². The van der Waals surface area contributed by atoms with Crippen molar-refractivity contribution >= 4 is 22.5 Å². The number of carbonyl (C=O) groups is 1. The predicted molar refractivity (Wildman–Crippen MR) is 110 cm³/mol. The molecule has 0 saturated carbocycles. The molecule has 2 aromatic carbocycles. The summed E-state index contributed by atoms with van der Waals surface area (Å²) in [6.07, 6.45) is 5.47. The zero-order valence-electron chi connectivity index (χ0n) is 15.4. The number of imidazole rings is 1. The Morgan fingerprint density at radius 1 is 0.929 bits per heavy atom. The quantitative estimate of drug-likeness (QED) is 0.571. The van der Waals surface area contributed by atoms with Gasteiger partial charge in [0.2, 0.25) is 0 Å². The number of para-hydroxylation sites is 2. The third-order valence-corrected chi connectivity index (χ3v) is 5.19. The number of nitrogens with zero attached hydrogens (tertiary/aromatic N) is 3. The van der Waals surface area contributed by atoms with Gasteiger partial charge in [-0.05, 0) is 31.0 Å². The largest absolute Gasteiger partial charge is 0.334 e. The molecule has 0 fully saturated rings. The second-order valence-corrected chi connectivity index (χ2v) is 7.08. The number of rotatable bonds is 3.